The van der Waals surface area contributed by atoms with Crippen LogP contribution in [-0.2, 0) is 5.75 Å². The van der Waals surface area contributed by atoms with E-state index >= 15 is 0 Å². The van der Waals surface area contributed by atoms with Gasteiger partial charge in [-0.1, -0.05) is 43.7 Å². The van der Waals surface area contributed by atoms with Crippen molar-refractivity contribution in [2.45, 2.75) is 31.9 Å². The summed E-state index contributed by atoms with van der Waals surface area (Å²) in [6, 6.07) is 10.1. The van der Waals surface area contributed by atoms with E-state index in [9.17, 15) is 4.39 Å². The van der Waals surface area contributed by atoms with Crippen molar-refractivity contribution < 1.29 is 4.39 Å². The molecule has 1 aromatic carbocycles. The summed E-state index contributed by atoms with van der Waals surface area (Å²) in [7, 11) is 0. The van der Waals surface area contributed by atoms with Crippen molar-refractivity contribution in [3.05, 3.63) is 47.1 Å². The smallest absolute Gasteiger partial charge is 0.106 e. The van der Waals surface area contributed by atoms with Crippen molar-refractivity contribution in [2.75, 3.05) is 0 Å². The lowest BCUT2D eigenvalue weighted by atomic mass is 10.2. The molecule has 0 radical (unpaired) electrons. The first kappa shape index (κ1) is 12.3. The van der Waals surface area contributed by atoms with Crippen LogP contribution in [0.2, 0.25) is 0 Å². The van der Waals surface area contributed by atoms with Gasteiger partial charge in [-0.3, -0.25) is 0 Å². The van der Waals surface area contributed by atoms with E-state index in [1.165, 1.54) is 17.3 Å². The molecule has 0 bridgehead atoms. The minimum atomic E-state index is 0.0118. The van der Waals surface area contributed by atoms with Gasteiger partial charge in [0.25, 0.3) is 0 Å². The Bertz CT molecular complexity index is 293. The second kappa shape index (κ2) is 7.52. The monoisotopic (exact) mass is 224 g/mol. The van der Waals surface area contributed by atoms with Crippen LogP contribution in [0.25, 0.3) is 0 Å². The molecular weight excluding hydrogens is 207 g/mol. The Morgan fingerprint density at radius 1 is 1.33 bits per heavy atom. The molecule has 0 atom stereocenters. The van der Waals surface area contributed by atoms with Crippen molar-refractivity contribution >= 4 is 11.8 Å². The molecule has 0 amide bonds. The second-order valence-electron chi connectivity index (χ2n) is 3.46. The minimum absolute atomic E-state index is 0.0118. The SMILES string of the molecule is CCCC/C(F)=C/SCc1ccccc1. The van der Waals surface area contributed by atoms with Crippen LogP contribution in [-0.4, -0.2) is 0 Å². The van der Waals surface area contributed by atoms with Gasteiger partial charge in [0.15, 0.2) is 0 Å². The zero-order chi connectivity index (χ0) is 10.9. The largest absolute Gasteiger partial charge is 0.211 e. The molecule has 0 nitrogen and oxygen atoms in total. The molecule has 0 spiro atoms. The summed E-state index contributed by atoms with van der Waals surface area (Å²) >= 11 is 1.53. The Balaban J connectivity index is 2.26. The van der Waals surface area contributed by atoms with E-state index in [1.807, 2.05) is 18.2 Å². The van der Waals surface area contributed by atoms with Gasteiger partial charge in [-0.05, 0) is 18.4 Å². The van der Waals surface area contributed by atoms with Crippen molar-refractivity contribution in [3.63, 3.8) is 0 Å². The Labute approximate surface area is 95.6 Å². The first-order valence-corrected chi connectivity index (χ1v) is 6.38. The fraction of sp³-hybridized carbons (Fsp3) is 0.385. The maximum Gasteiger partial charge on any atom is 0.106 e. The van der Waals surface area contributed by atoms with Gasteiger partial charge in [-0.2, -0.15) is 0 Å². The Kier molecular flexibility index (Phi) is 6.17. The zero-order valence-electron chi connectivity index (χ0n) is 9.08. The molecule has 0 unspecified atom stereocenters. The molecule has 0 aliphatic heterocycles. The van der Waals surface area contributed by atoms with Crippen LogP contribution in [0.5, 0.6) is 0 Å². The summed E-state index contributed by atoms with van der Waals surface area (Å²) in [4.78, 5) is 0. The van der Waals surface area contributed by atoms with Gasteiger partial charge in [0.2, 0.25) is 0 Å². The van der Waals surface area contributed by atoms with E-state index in [-0.39, 0.29) is 5.83 Å². The van der Waals surface area contributed by atoms with Crippen LogP contribution in [0.4, 0.5) is 4.39 Å². The lowest BCUT2D eigenvalue weighted by molar-refractivity contribution is 0.572. The molecular formula is C13H17FS. The third-order valence-electron chi connectivity index (χ3n) is 2.07. The third kappa shape index (κ3) is 5.63. The fourth-order valence-corrected chi connectivity index (χ4v) is 1.97. The second-order valence-corrected chi connectivity index (χ2v) is 4.32. The van der Waals surface area contributed by atoms with E-state index in [4.69, 9.17) is 0 Å². The standard InChI is InChI=1S/C13H17FS/c1-2-3-9-13(14)11-15-10-12-7-5-4-6-8-12/h4-8,11H,2-3,9-10H2,1H3/b13-11-. The van der Waals surface area contributed by atoms with Crippen LogP contribution >= 0.6 is 11.8 Å². The average Bonchev–Trinajstić information content (AvgIpc) is 2.28. The summed E-state index contributed by atoms with van der Waals surface area (Å²) in [5.41, 5.74) is 1.24. The molecule has 0 heterocycles. The quantitative estimate of drug-likeness (QED) is 0.661. The van der Waals surface area contributed by atoms with Gasteiger partial charge in [-0.25, -0.2) is 4.39 Å². The highest BCUT2D eigenvalue weighted by atomic mass is 32.2. The maximum atomic E-state index is 13.1. The van der Waals surface area contributed by atoms with E-state index in [1.54, 1.807) is 5.41 Å². The van der Waals surface area contributed by atoms with Gasteiger partial charge >= 0.3 is 0 Å². The fourth-order valence-electron chi connectivity index (χ4n) is 1.21. The third-order valence-corrected chi connectivity index (χ3v) is 3.00. The van der Waals surface area contributed by atoms with Crippen molar-refractivity contribution in [3.8, 4) is 0 Å². The number of benzene rings is 1. The number of halogens is 1. The predicted molar refractivity (Wildman–Crippen MR) is 66.5 cm³/mol. The molecule has 0 fully saturated rings. The van der Waals surface area contributed by atoms with E-state index in [2.05, 4.69) is 19.1 Å². The van der Waals surface area contributed by atoms with Crippen LogP contribution in [0.15, 0.2) is 41.6 Å². The van der Waals surface area contributed by atoms with Crippen LogP contribution in [0.3, 0.4) is 0 Å². The number of hydrogen-bond acceptors (Lipinski definition) is 1. The minimum Gasteiger partial charge on any atom is -0.211 e. The highest BCUT2D eigenvalue weighted by molar-refractivity contribution is 8.01. The van der Waals surface area contributed by atoms with E-state index < -0.39 is 0 Å². The van der Waals surface area contributed by atoms with Gasteiger partial charge in [0, 0.05) is 11.2 Å². The number of rotatable bonds is 6. The first-order valence-electron chi connectivity index (χ1n) is 5.33. The first-order chi connectivity index (χ1) is 7.33. The van der Waals surface area contributed by atoms with Gasteiger partial charge in [-0.15, -0.1) is 11.8 Å². The predicted octanol–water partition coefficient (Wildman–Crippen LogP) is 4.92. The van der Waals surface area contributed by atoms with E-state index in [0.29, 0.717) is 6.42 Å². The van der Waals surface area contributed by atoms with E-state index in [0.717, 1.165) is 18.6 Å². The zero-order valence-corrected chi connectivity index (χ0v) is 9.90. The molecule has 0 aliphatic carbocycles. The number of thioether (sulfide) groups is 1. The lowest BCUT2D eigenvalue weighted by Crippen LogP contribution is -1.78. The summed E-state index contributed by atoms with van der Waals surface area (Å²) in [6.45, 7) is 2.07. The maximum absolute atomic E-state index is 13.1. The Morgan fingerprint density at radius 3 is 2.73 bits per heavy atom. The summed E-state index contributed by atoms with van der Waals surface area (Å²) in [5.74, 6) is 0.859. The number of hydrogen-bond donors (Lipinski definition) is 0. The molecule has 0 aliphatic rings. The van der Waals surface area contributed by atoms with Crippen molar-refractivity contribution in [1.82, 2.24) is 0 Å². The van der Waals surface area contributed by atoms with Crippen molar-refractivity contribution in [2.24, 2.45) is 0 Å². The van der Waals surface area contributed by atoms with Crippen LogP contribution in [0, 0.1) is 0 Å². The molecule has 1 rings (SSSR count). The van der Waals surface area contributed by atoms with Crippen molar-refractivity contribution in [1.29, 1.82) is 0 Å². The normalized spacial score (nSPS) is 11.7. The van der Waals surface area contributed by atoms with Gasteiger partial charge < -0.3 is 0 Å². The molecule has 82 valence electrons. The number of allylic oxidation sites excluding steroid dienone is 1. The highest BCUT2D eigenvalue weighted by Gasteiger charge is 1.94. The summed E-state index contributed by atoms with van der Waals surface area (Å²) in [6.07, 6.45) is 2.57. The molecule has 0 saturated carbocycles. The van der Waals surface area contributed by atoms with Crippen LogP contribution < -0.4 is 0 Å². The van der Waals surface area contributed by atoms with Crippen LogP contribution in [0.1, 0.15) is 31.7 Å². The van der Waals surface area contributed by atoms with Gasteiger partial charge in [0.05, 0.1) is 0 Å². The topological polar surface area (TPSA) is 0 Å². The number of unbranched alkanes of at least 4 members (excludes halogenated alkanes) is 1. The Morgan fingerprint density at radius 2 is 2.07 bits per heavy atom. The molecule has 0 saturated heterocycles. The Hall–Kier alpha value is -0.760. The lowest BCUT2D eigenvalue weighted by Gasteiger charge is -1.98. The molecule has 0 N–H and O–H groups in total. The molecule has 0 aromatic heterocycles. The average molecular weight is 224 g/mol. The molecule has 15 heavy (non-hydrogen) atoms. The molecule has 2 heteroatoms. The summed E-state index contributed by atoms with van der Waals surface area (Å²) < 4.78 is 13.1. The molecule has 1 aromatic rings. The highest BCUT2D eigenvalue weighted by Crippen LogP contribution is 2.18. The van der Waals surface area contributed by atoms with Gasteiger partial charge in [0.1, 0.15) is 5.83 Å². The summed E-state index contributed by atoms with van der Waals surface area (Å²) in [5, 5.41) is 1.64.